The van der Waals surface area contributed by atoms with Crippen molar-refractivity contribution in [3.05, 3.63) is 35.9 Å². The molecule has 0 aliphatic rings. The SMILES string of the molecule is CC(C)CC(NC(=O)C(N)Cc1ccccc1)C(=O)NC(CC(=O)O)C(=O)NC(CO)C(=O)O. The van der Waals surface area contributed by atoms with Crippen LogP contribution in [0.4, 0.5) is 0 Å². The predicted octanol–water partition coefficient (Wildman–Crippen LogP) is -1.39. The second-order valence-corrected chi connectivity index (χ2v) is 8.23. The lowest BCUT2D eigenvalue weighted by molar-refractivity contribution is -0.144. The Balaban J connectivity index is 2.93. The number of amides is 3. The number of hydrogen-bond acceptors (Lipinski definition) is 7. The van der Waals surface area contributed by atoms with Crippen LogP contribution < -0.4 is 21.7 Å². The molecular formula is C22H32N4O8. The first-order chi connectivity index (χ1) is 15.9. The van der Waals surface area contributed by atoms with Crippen molar-refractivity contribution in [2.45, 2.75) is 57.3 Å². The second kappa shape index (κ2) is 13.9. The summed E-state index contributed by atoms with van der Waals surface area (Å²) in [5, 5.41) is 33.9. The summed E-state index contributed by atoms with van der Waals surface area (Å²) in [6, 6.07) is 3.64. The van der Waals surface area contributed by atoms with E-state index in [1.807, 2.05) is 11.4 Å². The molecule has 1 rings (SSSR count). The van der Waals surface area contributed by atoms with Gasteiger partial charge in [-0.2, -0.15) is 0 Å². The van der Waals surface area contributed by atoms with Gasteiger partial charge in [-0.15, -0.1) is 0 Å². The van der Waals surface area contributed by atoms with Gasteiger partial charge in [0, 0.05) is 0 Å². The van der Waals surface area contributed by atoms with Crippen LogP contribution in [0.3, 0.4) is 0 Å². The maximum Gasteiger partial charge on any atom is 0.328 e. The fourth-order valence-electron chi connectivity index (χ4n) is 3.06. The number of carboxylic acids is 2. The van der Waals surface area contributed by atoms with Crippen LogP contribution in [0.1, 0.15) is 32.3 Å². The van der Waals surface area contributed by atoms with Gasteiger partial charge in [0.1, 0.15) is 18.1 Å². The minimum Gasteiger partial charge on any atom is -0.481 e. The molecule has 0 aromatic heterocycles. The van der Waals surface area contributed by atoms with Gasteiger partial charge in [0.25, 0.3) is 0 Å². The zero-order valence-corrected chi connectivity index (χ0v) is 19.1. The van der Waals surface area contributed by atoms with Crippen molar-refractivity contribution in [1.29, 1.82) is 0 Å². The van der Waals surface area contributed by atoms with Crippen molar-refractivity contribution in [2.75, 3.05) is 6.61 Å². The molecule has 188 valence electrons. The number of aliphatic hydroxyl groups excluding tert-OH is 1. The lowest BCUT2D eigenvalue weighted by atomic mass is 10.0. The molecule has 3 amide bonds. The largest absolute Gasteiger partial charge is 0.481 e. The van der Waals surface area contributed by atoms with E-state index in [4.69, 9.17) is 21.1 Å². The van der Waals surface area contributed by atoms with E-state index < -0.39 is 66.9 Å². The van der Waals surface area contributed by atoms with Gasteiger partial charge in [-0.1, -0.05) is 44.2 Å². The van der Waals surface area contributed by atoms with Gasteiger partial charge >= 0.3 is 11.9 Å². The third-order valence-corrected chi connectivity index (χ3v) is 4.78. The van der Waals surface area contributed by atoms with Crippen LogP contribution in [0.15, 0.2) is 30.3 Å². The van der Waals surface area contributed by atoms with E-state index >= 15 is 0 Å². The monoisotopic (exact) mass is 480 g/mol. The highest BCUT2D eigenvalue weighted by Crippen LogP contribution is 2.08. The number of nitrogens with one attached hydrogen (secondary N) is 3. The molecule has 0 heterocycles. The number of carboxylic acid groups (broad SMARTS) is 2. The third kappa shape index (κ3) is 9.96. The summed E-state index contributed by atoms with van der Waals surface area (Å²) in [6.07, 6.45) is -0.443. The standard InChI is InChI=1S/C22H32N4O8/c1-12(2)8-15(24-19(30)14(23)9-13-6-4-3-5-7-13)20(31)25-16(10-18(28)29)21(32)26-17(11-27)22(33)34/h3-7,12,14-17,27H,8-11,23H2,1-2H3,(H,24,30)(H,25,31)(H,26,32)(H,28,29)(H,33,34). The molecule has 12 heteroatoms. The lowest BCUT2D eigenvalue weighted by Crippen LogP contribution is -2.58. The Hall–Kier alpha value is -3.51. The minimum absolute atomic E-state index is 0.0565. The molecule has 0 bridgehead atoms. The summed E-state index contributed by atoms with van der Waals surface area (Å²) >= 11 is 0. The molecule has 0 saturated carbocycles. The maximum absolute atomic E-state index is 12.9. The molecule has 0 spiro atoms. The topological polar surface area (TPSA) is 208 Å². The Labute approximate surface area is 196 Å². The van der Waals surface area contributed by atoms with Crippen molar-refractivity contribution in [1.82, 2.24) is 16.0 Å². The molecule has 0 fully saturated rings. The molecule has 0 aliphatic heterocycles. The number of benzene rings is 1. The number of carbonyl (C=O) groups is 5. The number of aliphatic carboxylic acids is 2. The van der Waals surface area contributed by atoms with Gasteiger partial charge in [-0.3, -0.25) is 19.2 Å². The van der Waals surface area contributed by atoms with Crippen LogP contribution in [0.25, 0.3) is 0 Å². The third-order valence-electron chi connectivity index (χ3n) is 4.78. The molecule has 0 saturated heterocycles. The molecule has 0 radical (unpaired) electrons. The van der Waals surface area contributed by atoms with Gasteiger partial charge in [0.15, 0.2) is 0 Å². The Kier molecular flexibility index (Phi) is 11.7. The van der Waals surface area contributed by atoms with E-state index in [0.29, 0.717) is 0 Å². The Morgan fingerprint density at radius 3 is 1.88 bits per heavy atom. The van der Waals surface area contributed by atoms with Crippen molar-refractivity contribution in [3.8, 4) is 0 Å². The van der Waals surface area contributed by atoms with Crippen LogP contribution in [0.5, 0.6) is 0 Å². The van der Waals surface area contributed by atoms with Gasteiger partial charge in [0.05, 0.1) is 19.1 Å². The first-order valence-corrected chi connectivity index (χ1v) is 10.7. The van der Waals surface area contributed by atoms with Crippen LogP contribution in [-0.2, 0) is 30.4 Å². The van der Waals surface area contributed by atoms with E-state index in [2.05, 4.69) is 10.6 Å². The second-order valence-electron chi connectivity index (χ2n) is 8.23. The van der Waals surface area contributed by atoms with Crippen LogP contribution in [0.2, 0.25) is 0 Å². The quantitative estimate of drug-likeness (QED) is 0.167. The molecule has 12 nitrogen and oxygen atoms in total. The molecule has 0 aliphatic carbocycles. The Morgan fingerprint density at radius 1 is 0.853 bits per heavy atom. The minimum atomic E-state index is -1.68. The van der Waals surface area contributed by atoms with E-state index in [1.165, 1.54) is 0 Å². The summed E-state index contributed by atoms with van der Waals surface area (Å²) < 4.78 is 0. The number of aliphatic hydroxyl groups is 1. The van der Waals surface area contributed by atoms with Crippen molar-refractivity contribution < 1.29 is 39.3 Å². The number of carbonyl (C=O) groups excluding carboxylic acids is 3. The number of nitrogens with two attached hydrogens (primary N) is 1. The first-order valence-electron chi connectivity index (χ1n) is 10.7. The average molecular weight is 481 g/mol. The van der Waals surface area contributed by atoms with Crippen molar-refractivity contribution in [2.24, 2.45) is 11.7 Å². The summed E-state index contributed by atoms with van der Waals surface area (Å²) in [6.45, 7) is 2.67. The molecular weight excluding hydrogens is 448 g/mol. The Morgan fingerprint density at radius 2 is 1.38 bits per heavy atom. The van der Waals surface area contributed by atoms with Crippen LogP contribution >= 0.6 is 0 Å². The molecule has 4 atom stereocenters. The highest BCUT2D eigenvalue weighted by molar-refractivity contribution is 5.95. The number of rotatable bonds is 14. The summed E-state index contributed by atoms with van der Waals surface area (Å²) in [4.78, 5) is 60.1. The van der Waals surface area contributed by atoms with E-state index in [-0.39, 0.29) is 18.8 Å². The summed E-state index contributed by atoms with van der Waals surface area (Å²) in [7, 11) is 0. The summed E-state index contributed by atoms with van der Waals surface area (Å²) in [5.74, 6) is -5.55. The molecule has 8 N–H and O–H groups in total. The van der Waals surface area contributed by atoms with E-state index in [1.54, 1.807) is 38.1 Å². The molecule has 34 heavy (non-hydrogen) atoms. The Bertz CT molecular complexity index is 862. The normalized spacial score (nSPS) is 14.4. The highest BCUT2D eigenvalue weighted by Gasteiger charge is 2.31. The van der Waals surface area contributed by atoms with Crippen LogP contribution in [-0.4, -0.2) is 75.8 Å². The lowest BCUT2D eigenvalue weighted by Gasteiger charge is -2.25. The zero-order valence-electron chi connectivity index (χ0n) is 19.1. The van der Waals surface area contributed by atoms with Crippen molar-refractivity contribution in [3.63, 3.8) is 0 Å². The average Bonchev–Trinajstić information content (AvgIpc) is 2.75. The van der Waals surface area contributed by atoms with E-state index in [9.17, 15) is 24.0 Å². The highest BCUT2D eigenvalue weighted by atomic mass is 16.4. The molecule has 1 aromatic carbocycles. The number of hydrogen-bond donors (Lipinski definition) is 7. The fourth-order valence-corrected chi connectivity index (χ4v) is 3.06. The maximum atomic E-state index is 12.9. The van der Waals surface area contributed by atoms with E-state index in [0.717, 1.165) is 5.56 Å². The van der Waals surface area contributed by atoms with Gasteiger partial charge in [0.2, 0.25) is 17.7 Å². The predicted molar refractivity (Wildman–Crippen MR) is 120 cm³/mol. The zero-order chi connectivity index (χ0) is 25.8. The van der Waals surface area contributed by atoms with Crippen LogP contribution in [0, 0.1) is 5.92 Å². The first kappa shape index (κ1) is 28.5. The molecule has 1 aromatic rings. The smallest absolute Gasteiger partial charge is 0.328 e. The fraction of sp³-hybridized carbons (Fsp3) is 0.500. The van der Waals surface area contributed by atoms with Crippen molar-refractivity contribution >= 4 is 29.7 Å². The molecule has 4 unspecified atom stereocenters. The van der Waals surface area contributed by atoms with Gasteiger partial charge < -0.3 is 37.0 Å². The summed E-state index contributed by atoms with van der Waals surface area (Å²) in [5.41, 5.74) is 6.80. The van der Waals surface area contributed by atoms with Gasteiger partial charge in [-0.05, 0) is 24.3 Å². The van der Waals surface area contributed by atoms with Gasteiger partial charge in [-0.25, -0.2) is 4.79 Å².